The lowest BCUT2D eigenvalue weighted by atomic mass is 10.2. The summed E-state index contributed by atoms with van der Waals surface area (Å²) in [6.45, 7) is 0. The van der Waals surface area contributed by atoms with Crippen LogP contribution in [0, 0.1) is 0 Å². The van der Waals surface area contributed by atoms with Crippen LogP contribution in [0.5, 0.6) is 0 Å². The highest BCUT2D eigenvalue weighted by Crippen LogP contribution is 2.39. The van der Waals surface area contributed by atoms with Crippen molar-refractivity contribution in [3.63, 3.8) is 0 Å². The highest BCUT2D eigenvalue weighted by atomic mass is 35.5. The van der Waals surface area contributed by atoms with Crippen LogP contribution in [0.1, 0.15) is 11.1 Å². The Morgan fingerprint density at radius 3 is 1.67 bits per heavy atom. The van der Waals surface area contributed by atoms with E-state index in [1.54, 1.807) is 0 Å². The fraction of sp³-hybridized carbons (Fsp3) is 0.143. The van der Waals surface area contributed by atoms with Crippen LogP contribution in [0.3, 0.4) is 0 Å². The summed E-state index contributed by atoms with van der Waals surface area (Å²) in [7, 11) is -1.08. The summed E-state index contributed by atoms with van der Waals surface area (Å²) < 4.78 is 0. The Bertz CT molecular complexity index is 483. The molecule has 4 heteroatoms. The maximum absolute atomic E-state index is 10.1. The molecule has 2 rings (SSSR count). The van der Waals surface area contributed by atoms with Crippen LogP contribution >= 0.6 is 31.4 Å². The highest BCUT2D eigenvalue weighted by molar-refractivity contribution is 7.49. The molecule has 0 atom stereocenters. The molecule has 2 aromatic rings. The van der Waals surface area contributed by atoms with Crippen molar-refractivity contribution in [1.29, 1.82) is 0 Å². The summed E-state index contributed by atoms with van der Waals surface area (Å²) in [5.74, 6) is 0. The van der Waals surface area contributed by atoms with Gasteiger partial charge in [-0.25, -0.2) is 0 Å². The number of hydrogen-bond donors (Lipinski definition) is 1. The minimum atomic E-state index is -1.08. The van der Waals surface area contributed by atoms with Crippen molar-refractivity contribution in [2.45, 2.75) is 12.3 Å². The van der Waals surface area contributed by atoms with Gasteiger partial charge in [0.15, 0.2) is 0 Å². The van der Waals surface area contributed by atoms with Gasteiger partial charge in [-0.3, -0.25) is 0 Å². The molecular formula is C14H13Cl2OP. The average molecular weight is 299 g/mol. The molecule has 0 aliphatic rings. The predicted octanol–water partition coefficient (Wildman–Crippen LogP) is 5.08. The van der Waals surface area contributed by atoms with Gasteiger partial charge in [0.05, 0.1) is 0 Å². The van der Waals surface area contributed by atoms with Crippen LogP contribution in [0.25, 0.3) is 0 Å². The molecule has 1 nitrogen and oxygen atoms in total. The molecule has 0 heterocycles. The first-order valence-electron chi connectivity index (χ1n) is 5.56. The van der Waals surface area contributed by atoms with Crippen LogP contribution in [0.15, 0.2) is 48.5 Å². The van der Waals surface area contributed by atoms with Crippen molar-refractivity contribution >= 4 is 31.4 Å². The summed E-state index contributed by atoms with van der Waals surface area (Å²) in [4.78, 5) is 10.1. The Kier molecular flexibility index (Phi) is 5.03. The van der Waals surface area contributed by atoms with E-state index in [9.17, 15) is 4.89 Å². The molecule has 94 valence electrons. The Labute approximate surface area is 118 Å². The zero-order valence-corrected chi connectivity index (χ0v) is 12.1. The number of hydrogen-bond acceptors (Lipinski definition) is 1. The van der Waals surface area contributed by atoms with E-state index >= 15 is 0 Å². The second-order valence-electron chi connectivity index (χ2n) is 4.08. The van der Waals surface area contributed by atoms with Gasteiger partial charge in [0.25, 0.3) is 0 Å². The Hall–Kier alpha value is -0.590. The van der Waals surface area contributed by atoms with Crippen molar-refractivity contribution in [1.82, 2.24) is 0 Å². The smallest absolute Gasteiger partial charge is 0.0408 e. The zero-order chi connectivity index (χ0) is 13.0. The van der Waals surface area contributed by atoms with Crippen molar-refractivity contribution < 1.29 is 4.89 Å². The summed E-state index contributed by atoms with van der Waals surface area (Å²) in [6.07, 6.45) is 1.31. The van der Waals surface area contributed by atoms with E-state index in [0.29, 0.717) is 22.4 Å². The van der Waals surface area contributed by atoms with Gasteiger partial charge in [0.2, 0.25) is 0 Å². The SMILES string of the molecule is OP(Cc1cccc(Cl)c1)Cc1cccc(Cl)c1. The quantitative estimate of drug-likeness (QED) is 0.780. The van der Waals surface area contributed by atoms with Gasteiger partial charge in [-0.1, -0.05) is 47.5 Å². The first kappa shape index (κ1) is 13.8. The van der Waals surface area contributed by atoms with E-state index in [-0.39, 0.29) is 0 Å². The van der Waals surface area contributed by atoms with Gasteiger partial charge >= 0.3 is 0 Å². The minimum Gasteiger partial charge on any atom is -0.373 e. The van der Waals surface area contributed by atoms with Crippen LogP contribution < -0.4 is 0 Å². The van der Waals surface area contributed by atoms with Crippen molar-refractivity contribution in [2.24, 2.45) is 0 Å². The molecule has 0 spiro atoms. The molecule has 0 unspecified atom stereocenters. The van der Waals surface area contributed by atoms with Gasteiger partial charge in [0, 0.05) is 30.5 Å². The van der Waals surface area contributed by atoms with E-state index in [1.165, 1.54) is 0 Å². The normalized spacial score (nSPS) is 10.9. The maximum Gasteiger partial charge on any atom is 0.0408 e. The monoisotopic (exact) mass is 298 g/mol. The lowest BCUT2D eigenvalue weighted by Gasteiger charge is -2.11. The third kappa shape index (κ3) is 4.26. The molecule has 0 aliphatic carbocycles. The van der Waals surface area contributed by atoms with Crippen LogP contribution in [-0.4, -0.2) is 4.89 Å². The Morgan fingerprint density at radius 2 is 1.28 bits per heavy atom. The fourth-order valence-corrected chi connectivity index (χ4v) is 3.52. The van der Waals surface area contributed by atoms with E-state index in [2.05, 4.69) is 0 Å². The number of halogens is 2. The van der Waals surface area contributed by atoms with Crippen molar-refractivity contribution in [3.05, 3.63) is 69.7 Å². The predicted molar refractivity (Wildman–Crippen MR) is 79.5 cm³/mol. The molecule has 0 radical (unpaired) electrons. The minimum absolute atomic E-state index is 0.655. The summed E-state index contributed by atoms with van der Waals surface area (Å²) in [5.41, 5.74) is 2.14. The van der Waals surface area contributed by atoms with Gasteiger partial charge in [-0.15, -0.1) is 0 Å². The number of rotatable bonds is 4. The second-order valence-corrected chi connectivity index (χ2v) is 6.60. The molecule has 0 amide bonds. The summed E-state index contributed by atoms with van der Waals surface area (Å²) in [5, 5.41) is 1.41. The van der Waals surface area contributed by atoms with Gasteiger partial charge in [0.1, 0.15) is 0 Å². The first-order valence-corrected chi connectivity index (χ1v) is 7.98. The van der Waals surface area contributed by atoms with Crippen LogP contribution in [0.2, 0.25) is 10.0 Å². The molecule has 2 aromatic carbocycles. The molecule has 0 saturated carbocycles. The second kappa shape index (κ2) is 6.54. The molecule has 0 saturated heterocycles. The van der Waals surface area contributed by atoms with Crippen LogP contribution in [0.4, 0.5) is 0 Å². The van der Waals surface area contributed by atoms with Crippen LogP contribution in [-0.2, 0) is 12.3 Å². The summed E-state index contributed by atoms with van der Waals surface area (Å²) >= 11 is 11.8. The van der Waals surface area contributed by atoms with Crippen molar-refractivity contribution in [3.8, 4) is 0 Å². The van der Waals surface area contributed by atoms with E-state index in [0.717, 1.165) is 11.1 Å². The maximum atomic E-state index is 10.1. The largest absolute Gasteiger partial charge is 0.373 e. The molecule has 1 N–H and O–H groups in total. The molecule has 0 fully saturated rings. The lowest BCUT2D eigenvalue weighted by Crippen LogP contribution is -1.88. The molecular weight excluding hydrogens is 286 g/mol. The topological polar surface area (TPSA) is 20.2 Å². The number of benzene rings is 2. The Morgan fingerprint density at radius 1 is 0.833 bits per heavy atom. The fourth-order valence-electron chi connectivity index (χ4n) is 1.75. The third-order valence-electron chi connectivity index (χ3n) is 2.51. The molecule has 0 bridgehead atoms. The van der Waals surface area contributed by atoms with Gasteiger partial charge in [-0.05, 0) is 35.4 Å². The first-order chi connectivity index (χ1) is 8.63. The van der Waals surface area contributed by atoms with E-state index < -0.39 is 8.15 Å². The highest BCUT2D eigenvalue weighted by Gasteiger charge is 2.07. The van der Waals surface area contributed by atoms with Gasteiger partial charge in [-0.2, -0.15) is 0 Å². The average Bonchev–Trinajstić information content (AvgIpc) is 2.28. The summed E-state index contributed by atoms with van der Waals surface area (Å²) in [6, 6.07) is 15.2. The molecule has 0 aliphatic heterocycles. The zero-order valence-electron chi connectivity index (χ0n) is 9.68. The van der Waals surface area contributed by atoms with Gasteiger partial charge < -0.3 is 4.89 Å². The molecule has 18 heavy (non-hydrogen) atoms. The lowest BCUT2D eigenvalue weighted by molar-refractivity contribution is 0.621. The molecule has 0 aromatic heterocycles. The Balaban J connectivity index is 1.98. The van der Waals surface area contributed by atoms with E-state index in [4.69, 9.17) is 23.2 Å². The van der Waals surface area contributed by atoms with Crippen molar-refractivity contribution in [2.75, 3.05) is 0 Å². The van der Waals surface area contributed by atoms with E-state index in [1.807, 2.05) is 48.5 Å². The third-order valence-corrected chi connectivity index (χ3v) is 4.44. The standard InChI is InChI=1S/C14H13Cl2OP/c15-13-5-1-3-11(7-13)9-18(17)10-12-4-2-6-14(16)8-12/h1-8,17H,9-10H2.